The third-order valence-corrected chi connectivity index (χ3v) is 2.98. The Labute approximate surface area is 126 Å². The van der Waals surface area contributed by atoms with Crippen molar-refractivity contribution < 1.29 is 4.74 Å². The van der Waals surface area contributed by atoms with Gasteiger partial charge in [0.1, 0.15) is 5.75 Å². The molecular formula is C15H22ClN3O. The van der Waals surface area contributed by atoms with Gasteiger partial charge in [-0.1, -0.05) is 25.1 Å². The van der Waals surface area contributed by atoms with Gasteiger partial charge in [-0.05, 0) is 12.5 Å². The second-order valence-corrected chi connectivity index (χ2v) is 4.53. The second kappa shape index (κ2) is 8.61. The maximum atomic E-state index is 5.33. The Morgan fingerprint density at radius 2 is 2.05 bits per heavy atom. The summed E-state index contributed by atoms with van der Waals surface area (Å²) in [5.74, 6) is 0.927. The molecule has 2 rings (SSSR count). The van der Waals surface area contributed by atoms with Crippen molar-refractivity contribution in [2.24, 2.45) is 0 Å². The number of ether oxygens (including phenoxy) is 1. The first-order chi connectivity index (χ1) is 9.33. The van der Waals surface area contributed by atoms with E-state index < -0.39 is 0 Å². The predicted molar refractivity (Wildman–Crippen MR) is 83.3 cm³/mol. The highest BCUT2D eigenvalue weighted by Gasteiger charge is 2.02. The molecule has 0 radical (unpaired) electrons. The number of aryl methyl sites for hydroxylation is 1. The summed E-state index contributed by atoms with van der Waals surface area (Å²) in [7, 11) is 1.70. The van der Waals surface area contributed by atoms with Gasteiger partial charge in [0.15, 0.2) is 0 Å². The van der Waals surface area contributed by atoms with Crippen molar-refractivity contribution in [3.8, 4) is 5.75 Å². The molecule has 4 nitrogen and oxygen atoms in total. The van der Waals surface area contributed by atoms with Crippen LogP contribution in [-0.4, -0.2) is 16.9 Å². The molecule has 0 saturated heterocycles. The van der Waals surface area contributed by atoms with Crippen molar-refractivity contribution in [2.75, 3.05) is 7.11 Å². The minimum absolute atomic E-state index is 0. The molecule has 0 fully saturated rings. The van der Waals surface area contributed by atoms with Gasteiger partial charge in [0.2, 0.25) is 0 Å². The van der Waals surface area contributed by atoms with Crippen LogP contribution in [0.25, 0.3) is 0 Å². The average molecular weight is 296 g/mol. The molecular weight excluding hydrogens is 274 g/mol. The van der Waals surface area contributed by atoms with Gasteiger partial charge in [-0.25, -0.2) is 0 Å². The maximum Gasteiger partial charge on any atom is 0.123 e. The van der Waals surface area contributed by atoms with Crippen molar-refractivity contribution in [3.63, 3.8) is 0 Å². The third-order valence-electron chi connectivity index (χ3n) is 2.98. The van der Waals surface area contributed by atoms with Crippen LogP contribution in [0.1, 0.15) is 24.5 Å². The fraction of sp³-hybridized carbons (Fsp3) is 0.400. The molecule has 0 saturated carbocycles. The lowest BCUT2D eigenvalue weighted by Crippen LogP contribution is -2.13. The molecule has 5 heteroatoms. The van der Waals surface area contributed by atoms with E-state index in [9.17, 15) is 0 Å². The number of benzene rings is 1. The van der Waals surface area contributed by atoms with Crippen LogP contribution < -0.4 is 10.1 Å². The van der Waals surface area contributed by atoms with Crippen molar-refractivity contribution in [1.29, 1.82) is 0 Å². The molecule has 1 N–H and O–H groups in total. The smallest absolute Gasteiger partial charge is 0.123 e. The van der Waals surface area contributed by atoms with Crippen molar-refractivity contribution >= 4 is 12.4 Å². The first-order valence-corrected chi connectivity index (χ1v) is 6.67. The van der Waals surface area contributed by atoms with E-state index in [1.165, 1.54) is 11.1 Å². The number of nitrogens with one attached hydrogen (secondary N) is 1. The maximum absolute atomic E-state index is 5.33. The first-order valence-electron chi connectivity index (χ1n) is 6.67. The van der Waals surface area contributed by atoms with Gasteiger partial charge in [-0.15, -0.1) is 12.4 Å². The van der Waals surface area contributed by atoms with Crippen LogP contribution >= 0.6 is 12.4 Å². The summed E-state index contributed by atoms with van der Waals surface area (Å²) in [6.07, 6.45) is 5.12. The second-order valence-electron chi connectivity index (χ2n) is 4.53. The summed E-state index contributed by atoms with van der Waals surface area (Å²) in [5, 5.41) is 7.73. The van der Waals surface area contributed by atoms with Crippen LogP contribution in [0.5, 0.6) is 5.75 Å². The topological polar surface area (TPSA) is 39.1 Å². The molecule has 0 aliphatic heterocycles. The Morgan fingerprint density at radius 3 is 2.80 bits per heavy atom. The molecule has 0 spiro atoms. The lowest BCUT2D eigenvalue weighted by atomic mass is 10.2. The Balaban J connectivity index is 0.00000200. The molecule has 1 heterocycles. The highest BCUT2D eigenvalue weighted by Crippen LogP contribution is 2.16. The van der Waals surface area contributed by atoms with E-state index in [1.54, 1.807) is 7.11 Å². The van der Waals surface area contributed by atoms with Gasteiger partial charge in [0.05, 0.1) is 13.3 Å². The summed E-state index contributed by atoms with van der Waals surface area (Å²) < 4.78 is 7.31. The number of methoxy groups -OCH3 is 1. The van der Waals surface area contributed by atoms with E-state index in [-0.39, 0.29) is 12.4 Å². The summed E-state index contributed by atoms with van der Waals surface area (Å²) in [6, 6.07) is 8.07. The number of para-hydroxylation sites is 1. The number of hydrogen-bond acceptors (Lipinski definition) is 3. The molecule has 110 valence electrons. The Morgan fingerprint density at radius 1 is 1.25 bits per heavy atom. The van der Waals surface area contributed by atoms with Gasteiger partial charge in [0.25, 0.3) is 0 Å². The van der Waals surface area contributed by atoms with Gasteiger partial charge in [-0.2, -0.15) is 5.10 Å². The SMILES string of the molecule is CCCn1cc(CNCc2ccccc2OC)cn1.Cl. The van der Waals surface area contributed by atoms with Crippen LogP contribution in [0.15, 0.2) is 36.7 Å². The van der Waals surface area contributed by atoms with Crippen LogP contribution in [0.4, 0.5) is 0 Å². The van der Waals surface area contributed by atoms with Crippen LogP contribution in [0, 0.1) is 0 Å². The van der Waals surface area contributed by atoms with Crippen LogP contribution in [0.3, 0.4) is 0 Å². The highest BCUT2D eigenvalue weighted by molar-refractivity contribution is 5.85. The zero-order valence-electron chi connectivity index (χ0n) is 12.0. The number of aromatic nitrogens is 2. The van der Waals surface area contributed by atoms with Gasteiger partial charge in [-0.3, -0.25) is 4.68 Å². The monoisotopic (exact) mass is 295 g/mol. The average Bonchev–Trinajstić information content (AvgIpc) is 2.87. The van der Waals surface area contributed by atoms with Gasteiger partial charge in [0, 0.05) is 37.0 Å². The summed E-state index contributed by atoms with van der Waals surface area (Å²) in [5.41, 5.74) is 2.38. The largest absolute Gasteiger partial charge is 0.496 e. The molecule has 1 aromatic heterocycles. The minimum Gasteiger partial charge on any atom is -0.496 e. The molecule has 1 aromatic carbocycles. The minimum atomic E-state index is 0. The summed E-state index contributed by atoms with van der Waals surface area (Å²) in [6.45, 7) is 4.75. The zero-order chi connectivity index (χ0) is 13.5. The van der Waals surface area contributed by atoms with Crippen LogP contribution in [-0.2, 0) is 19.6 Å². The molecule has 0 bridgehead atoms. The van der Waals surface area contributed by atoms with Crippen molar-refractivity contribution in [2.45, 2.75) is 33.0 Å². The number of nitrogens with zero attached hydrogens (tertiary/aromatic N) is 2. The summed E-state index contributed by atoms with van der Waals surface area (Å²) in [4.78, 5) is 0. The molecule has 0 aliphatic rings. The molecule has 0 unspecified atom stereocenters. The van der Waals surface area contributed by atoms with E-state index >= 15 is 0 Å². The summed E-state index contributed by atoms with van der Waals surface area (Å²) >= 11 is 0. The lowest BCUT2D eigenvalue weighted by Gasteiger charge is -2.08. The van der Waals surface area contributed by atoms with E-state index in [4.69, 9.17) is 4.74 Å². The molecule has 2 aromatic rings. The molecule has 0 atom stereocenters. The number of rotatable bonds is 7. The molecule has 0 aliphatic carbocycles. The Hall–Kier alpha value is -1.52. The Kier molecular flexibility index (Phi) is 7.12. The van der Waals surface area contributed by atoms with Gasteiger partial charge < -0.3 is 10.1 Å². The van der Waals surface area contributed by atoms with E-state index in [1.807, 2.05) is 29.1 Å². The molecule has 20 heavy (non-hydrogen) atoms. The molecule has 0 amide bonds. The zero-order valence-corrected chi connectivity index (χ0v) is 12.8. The van der Waals surface area contributed by atoms with Crippen molar-refractivity contribution in [1.82, 2.24) is 15.1 Å². The lowest BCUT2D eigenvalue weighted by molar-refractivity contribution is 0.407. The fourth-order valence-electron chi connectivity index (χ4n) is 2.04. The fourth-order valence-corrected chi connectivity index (χ4v) is 2.04. The highest BCUT2D eigenvalue weighted by atomic mass is 35.5. The first kappa shape index (κ1) is 16.5. The van der Waals surface area contributed by atoms with Crippen molar-refractivity contribution in [3.05, 3.63) is 47.8 Å². The van der Waals surface area contributed by atoms with E-state index in [0.29, 0.717) is 0 Å². The third kappa shape index (κ3) is 4.54. The van der Waals surface area contributed by atoms with E-state index in [0.717, 1.165) is 31.8 Å². The quantitative estimate of drug-likeness (QED) is 0.853. The van der Waals surface area contributed by atoms with E-state index in [2.05, 4.69) is 29.6 Å². The number of hydrogen-bond donors (Lipinski definition) is 1. The predicted octanol–water partition coefficient (Wildman–Crippen LogP) is 3.01. The van der Waals surface area contributed by atoms with Gasteiger partial charge >= 0.3 is 0 Å². The standard InChI is InChI=1S/C15H21N3O.ClH/c1-3-8-18-12-13(10-17-18)9-16-11-14-6-4-5-7-15(14)19-2;/h4-7,10,12,16H,3,8-9,11H2,1-2H3;1H. The number of halogens is 1. The Bertz CT molecular complexity index is 513. The van der Waals surface area contributed by atoms with Crippen LogP contribution in [0.2, 0.25) is 0 Å². The normalized spacial score (nSPS) is 10.1.